The molecule has 3 rings (SSSR count). The molecule has 9 heteroatoms. The minimum Gasteiger partial charge on any atom is -0.463 e. The van der Waals surface area contributed by atoms with E-state index in [-0.39, 0.29) is 5.91 Å². The van der Waals surface area contributed by atoms with Crippen LogP contribution >= 0.6 is 11.8 Å². The fraction of sp³-hybridized carbons (Fsp3) is 0.333. The number of H-pyrrole nitrogens is 1. The summed E-state index contributed by atoms with van der Waals surface area (Å²) in [5.41, 5.74) is 2.70. The van der Waals surface area contributed by atoms with E-state index >= 15 is 0 Å². The van der Waals surface area contributed by atoms with Gasteiger partial charge in [-0.25, -0.2) is 10.5 Å². The van der Waals surface area contributed by atoms with Gasteiger partial charge in [-0.15, -0.1) is 5.10 Å². The van der Waals surface area contributed by atoms with Gasteiger partial charge < -0.3 is 9.73 Å². The molecule has 0 atom stereocenters. The van der Waals surface area contributed by atoms with Crippen LogP contribution in [0.5, 0.6) is 0 Å². The molecule has 0 saturated heterocycles. The first-order chi connectivity index (χ1) is 10.3. The van der Waals surface area contributed by atoms with Crippen molar-refractivity contribution in [3.63, 3.8) is 0 Å². The molecule has 2 aromatic heterocycles. The highest BCUT2D eigenvalue weighted by atomic mass is 32.2. The predicted molar refractivity (Wildman–Crippen MR) is 78.2 cm³/mol. The fourth-order valence-electron chi connectivity index (χ4n) is 1.51. The SMILES string of the molecule is O=C(CSc1n[nH]c(N/N=C/c2ccco2)n1)NC1CC1. The first kappa shape index (κ1) is 13.7. The van der Waals surface area contributed by atoms with E-state index in [1.807, 2.05) is 0 Å². The Morgan fingerprint density at radius 1 is 1.62 bits per heavy atom. The van der Waals surface area contributed by atoms with E-state index < -0.39 is 0 Å². The Morgan fingerprint density at radius 3 is 3.29 bits per heavy atom. The summed E-state index contributed by atoms with van der Waals surface area (Å²) in [6, 6.07) is 3.93. The lowest BCUT2D eigenvalue weighted by molar-refractivity contribution is -0.118. The molecule has 8 nitrogen and oxygen atoms in total. The quantitative estimate of drug-likeness (QED) is 0.403. The molecule has 0 aromatic carbocycles. The van der Waals surface area contributed by atoms with Crippen molar-refractivity contribution in [1.29, 1.82) is 0 Å². The van der Waals surface area contributed by atoms with Crippen molar-refractivity contribution in [2.45, 2.75) is 24.0 Å². The number of nitrogens with one attached hydrogen (secondary N) is 3. The molecule has 1 amide bonds. The zero-order valence-electron chi connectivity index (χ0n) is 11.1. The molecule has 1 fully saturated rings. The summed E-state index contributed by atoms with van der Waals surface area (Å²) >= 11 is 1.27. The largest absolute Gasteiger partial charge is 0.463 e. The third-order valence-electron chi connectivity index (χ3n) is 2.65. The average Bonchev–Trinajstić information content (AvgIpc) is 2.97. The Morgan fingerprint density at radius 2 is 2.52 bits per heavy atom. The number of rotatable bonds is 7. The molecule has 1 saturated carbocycles. The third kappa shape index (κ3) is 4.35. The second-order valence-corrected chi connectivity index (χ2v) is 5.42. The van der Waals surface area contributed by atoms with Gasteiger partial charge in [-0.3, -0.25) is 4.79 Å². The summed E-state index contributed by atoms with van der Waals surface area (Å²) in [5.74, 6) is 1.36. The summed E-state index contributed by atoms with van der Waals surface area (Å²) in [4.78, 5) is 15.7. The van der Waals surface area contributed by atoms with Crippen molar-refractivity contribution < 1.29 is 9.21 Å². The molecule has 21 heavy (non-hydrogen) atoms. The number of hydrazone groups is 1. The van der Waals surface area contributed by atoms with Gasteiger partial charge in [-0.2, -0.15) is 10.1 Å². The minimum absolute atomic E-state index is 0.0117. The van der Waals surface area contributed by atoms with Gasteiger partial charge in [0, 0.05) is 6.04 Å². The van der Waals surface area contributed by atoms with Crippen molar-refractivity contribution >= 4 is 29.8 Å². The van der Waals surface area contributed by atoms with E-state index in [1.54, 1.807) is 18.4 Å². The van der Waals surface area contributed by atoms with Crippen LogP contribution in [0.15, 0.2) is 33.1 Å². The number of furan rings is 1. The van der Waals surface area contributed by atoms with Crippen molar-refractivity contribution in [2.24, 2.45) is 5.10 Å². The number of hydrogen-bond acceptors (Lipinski definition) is 7. The first-order valence-electron chi connectivity index (χ1n) is 6.47. The predicted octanol–water partition coefficient (Wildman–Crippen LogP) is 1.21. The lowest BCUT2D eigenvalue weighted by atomic mass is 10.5. The van der Waals surface area contributed by atoms with Gasteiger partial charge >= 0.3 is 0 Å². The summed E-state index contributed by atoms with van der Waals surface area (Å²) in [6.45, 7) is 0. The van der Waals surface area contributed by atoms with Crippen molar-refractivity contribution in [1.82, 2.24) is 20.5 Å². The molecule has 0 aliphatic heterocycles. The zero-order valence-corrected chi connectivity index (χ0v) is 11.9. The Labute approximate surface area is 124 Å². The second-order valence-electron chi connectivity index (χ2n) is 4.48. The molecule has 110 valence electrons. The Bertz CT molecular complexity index is 619. The van der Waals surface area contributed by atoms with Gasteiger partial charge in [0.15, 0.2) is 0 Å². The van der Waals surface area contributed by atoms with Crippen molar-refractivity contribution in [2.75, 3.05) is 11.2 Å². The summed E-state index contributed by atoms with van der Waals surface area (Å²) in [6.07, 6.45) is 5.26. The monoisotopic (exact) mass is 306 g/mol. The molecule has 3 N–H and O–H groups in total. The average molecular weight is 306 g/mol. The molecule has 0 bridgehead atoms. The minimum atomic E-state index is 0.0117. The van der Waals surface area contributed by atoms with Crippen molar-refractivity contribution in [3.8, 4) is 0 Å². The van der Waals surface area contributed by atoms with Gasteiger partial charge in [-0.1, -0.05) is 11.8 Å². The number of aromatic amines is 1. The number of thioether (sulfide) groups is 1. The van der Waals surface area contributed by atoms with Crippen LogP contribution in [0.2, 0.25) is 0 Å². The standard InChI is InChI=1S/C12H14N6O2S/c19-10(14-8-3-4-8)7-21-12-15-11(17-18-12)16-13-6-9-2-1-5-20-9/h1-2,5-6,8H,3-4,7H2,(H,14,19)(H2,15,16,17,18)/b13-6+. The maximum atomic E-state index is 11.5. The number of carbonyl (C=O) groups excluding carboxylic acids is 1. The highest BCUT2D eigenvalue weighted by Crippen LogP contribution is 2.19. The van der Waals surface area contributed by atoms with Crippen LogP contribution in [-0.4, -0.2) is 39.1 Å². The third-order valence-corrected chi connectivity index (χ3v) is 3.49. The summed E-state index contributed by atoms with van der Waals surface area (Å²) < 4.78 is 5.09. The number of nitrogens with zero attached hydrogens (tertiary/aromatic N) is 3. The van der Waals surface area contributed by atoms with E-state index in [4.69, 9.17) is 4.42 Å². The highest BCUT2D eigenvalue weighted by molar-refractivity contribution is 7.99. The molecule has 1 aliphatic rings. The highest BCUT2D eigenvalue weighted by Gasteiger charge is 2.23. The Kier molecular flexibility index (Phi) is 4.20. The van der Waals surface area contributed by atoms with Gasteiger partial charge in [0.25, 0.3) is 0 Å². The van der Waals surface area contributed by atoms with Crippen LogP contribution in [0.1, 0.15) is 18.6 Å². The lowest BCUT2D eigenvalue weighted by Crippen LogP contribution is -2.27. The van der Waals surface area contributed by atoms with Crippen LogP contribution in [0.25, 0.3) is 0 Å². The van der Waals surface area contributed by atoms with E-state index in [2.05, 4.69) is 31.0 Å². The maximum absolute atomic E-state index is 11.5. The lowest BCUT2D eigenvalue weighted by Gasteiger charge is -1.99. The number of hydrogen-bond donors (Lipinski definition) is 3. The van der Waals surface area contributed by atoms with E-state index in [0.29, 0.717) is 28.7 Å². The van der Waals surface area contributed by atoms with E-state index in [0.717, 1.165) is 12.8 Å². The normalized spacial score (nSPS) is 14.5. The van der Waals surface area contributed by atoms with Gasteiger partial charge in [-0.05, 0) is 25.0 Å². The molecule has 1 aliphatic carbocycles. The fourth-order valence-corrected chi connectivity index (χ4v) is 2.12. The van der Waals surface area contributed by atoms with Crippen LogP contribution in [0.3, 0.4) is 0 Å². The van der Waals surface area contributed by atoms with Crippen LogP contribution in [-0.2, 0) is 4.79 Å². The first-order valence-corrected chi connectivity index (χ1v) is 7.45. The summed E-state index contributed by atoms with van der Waals surface area (Å²) in [7, 11) is 0. The second kappa shape index (κ2) is 6.44. The van der Waals surface area contributed by atoms with E-state index in [1.165, 1.54) is 18.0 Å². The number of carbonyl (C=O) groups is 1. The molecule has 2 heterocycles. The van der Waals surface area contributed by atoms with Crippen LogP contribution in [0.4, 0.5) is 5.95 Å². The molecular formula is C12H14N6O2S. The number of aromatic nitrogens is 3. The molecule has 0 unspecified atom stereocenters. The Hall–Kier alpha value is -2.29. The topological polar surface area (TPSA) is 108 Å². The van der Waals surface area contributed by atoms with Crippen LogP contribution in [0, 0.1) is 0 Å². The smallest absolute Gasteiger partial charge is 0.240 e. The van der Waals surface area contributed by atoms with Gasteiger partial charge in [0.2, 0.25) is 17.0 Å². The van der Waals surface area contributed by atoms with Crippen LogP contribution < -0.4 is 10.7 Å². The van der Waals surface area contributed by atoms with Gasteiger partial charge in [0.1, 0.15) is 5.76 Å². The number of anilines is 1. The molecule has 2 aromatic rings. The molecular weight excluding hydrogens is 292 g/mol. The summed E-state index contributed by atoms with van der Waals surface area (Å²) in [5, 5.41) is 14.0. The Balaban J connectivity index is 1.43. The maximum Gasteiger partial charge on any atom is 0.240 e. The van der Waals surface area contributed by atoms with E-state index in [9.17, 15) is 4.79 Å². The zero-order chi connectivity index (χ0) is 14.5. The molecule has 0 radical (unpaired) electrons. The molecule has 0 spiro atoms. The van der Waals surface area contributed by atoms with Crippen molar-refractivity contribution in [3.05, 3.63) is 24.2 Å². The van der Waals surface area contributed by atoms with Gasteiger partial charge in [0.05, 0.1) is 18.2 Å². The number of amides is 1.